The first kappa shape index (κ1) is 22.2. The number of aryl methyl sites for hydroxylation is 2. The van der Waals surface area contributed by atoms with E-state index in [4.69, 9.17) is 21.3 Å². The van der Waals surface area contributed by atoms with E-state index in [0.29, 0.717) is 32.6 Å². The minimum Gasteiger partial charge on any atom is -0.497 e. The highest BCUT2D eigenvalue weighted by Gasteiger charge is 2.23. The van der Waals surface area contributed by atoms with Gasteiger partial charge >= 0.3 is 0 Å². The van der Waals surface area contributed by atoms with Crippen molar-refractivity contribution in [3.8, 4) is 11.4 Å². The molecule has 0 spiro atoms. The molecule has 0 saturated heterocycles. The van der Waals surface area contributed by atoms with Crippen molar-refractivity contribution in [2.45, 2.75) is 30.8 Å². The average molecular weight is 497 g/mol. The van der Waals surface area contributed by atoms with Gasteiger partial charge in [-0.05, 0) is 67.6 Å². The summed E-state index contributed by atoms with van der Waals surface area (Å²) in [6, 6.07) is 14.2. The number of halogens is 1. The molecule has 0 aliphatic heterocycles. The van der Waals surface area contributed by atoms with Gasteiger partial charge in [0, 0.05) is 15.5 Å². The fraction of sp³-hybridized carbons (Fsp3) is 0.240. The smallest absolute Gasteiger partial charge is 0.267 e. The summed E-state index contributed by atoms with van der Waals surface area (Å²) in [7, 11) is 1.57. The Morgan fingerprint density at radius 2 is 1.97 bits per heavy atom. The Morgan fingerprint density at radius 3 is 2.76 bits per heavy atom. The van der Waals surface area contributed by atoms with Crippen molar-refractivity contribution in [2.75, 3.05) is 12.9 Å². The number of carbonyl (C=O) groups excluding carboxylic acids is 1. The number of thiophene rings is 1. The van der Waals surface area contributed by atoms with Gasteiger partial charge in [0.05, 0.1) is 23.9 Å². The molecule has 0 fully saturated rings. The normalized spacial score (nSPS) is 13.2. The zero-order chi connectivity index (χ0) is 22.9. The minimum atomic E-state index is -0.0851. The third-order valence-electron chi connectivity index (χ3n) is 5.77. The number of methoxy groups -OCH3 is 1. The number of aromatic nitrogens is 2. The number of fused-ring (bicyclic) bond motifs is 3. The number of thioether (sulfide) groups is 1. The summed E-state index contributed by atoms with van der Waals surface area (Å²) in [6.45, 7) is 0. The van der Waals surface area contributed by atoms with Crippen molar-refractivity contribution in [3.63, 3.8) is 0 Å². The quantitative estimate of drug-likeness (QED) is 0.187. The second-order valence-corrected chi connectivity index (χ2v) is 10.3. The van der Waals surface area contributed by atoms with E-state index in [1.165, 1.54) is 16.6 Å². The number of hydrogen-bond acceptors (Lipinski definition) is 6. The number of rotatable bonds is 6. The maximum atomic E-state index is 13.7. The van der Waals surface area contributed by atoms with Crippen molar-refractivity contribution in [3.05, 3.63) is 79.9 Å². The average Bonchev–Trinajstić information content (AvgIpc) is 3.22. The van der Waals surface area contributed by atoms with Gasteiger partial charge in [0.15, 0.2) is 10.9 Å². The molecule has 0 unspecified atom stereocenters. The molecule has 168 valence electrons. The second kappa shape index (κ2) is 9.33. The van der Waals surface area contributed by atoms with E-state index in [1.54, 1.807) is 59.4 Å². The third-order valence-corrected chi connectivity index (χ3v) is 8.14. The fourth-order valence-corrected chi connectivity index (χ4v) is 6.45. The summed E-state index contributed by atoms with van der Waals surface area (Å²) in [5, 5.41) is 1.81. The zero-order valence-electron chi connectivity index (χ0n) is 18.0. The highest BCUT2D eigenvalue weighted by molar-refractivity contribution is 7.99. The lowest BCUT2D eigenvalue weighted by molar-refractivity contribution is 0.102. The summed E-state index contributed by atoms with van der Waals surface area (Å²) in [6.07, 6.45) is 4.13. The van der Waals surface area contributed by atoms with Gasteiger partial charge in [-0.3, -0.25) is 14.2 Å². The van der Waals surface area contributed by atoms with E-state index in [1.807, 2.05) is 12.1 Å². The van der Waals surface area contributed by atoms with Gasteiger partial charge in [-0.2, -0.15) is 0 Å². The van der Waals surface area contributed by atoms with E-state index in [0.717, 1.165) is 36.1 Å². The molecule has 5 rings (SSSR count). The first-order chi connectivity index (χ1) is 16.0. The van der Waals surface area contributed by atoms with Crippen LogP contribution in [0.3, 0.4) is 0 Å². The zero-order valence-corrected chi connectivity index (χ0v) is 20.4. The summed E-state index contributed by atoms with van der Waals surface area (Å²) >= 11 is 8.97. The summed E-state index contributed by atoms with van der Waals surface area (Å²) < 4.78 is 6.85. The van der Waals surface area contributed by atoms with Crippen molar-refractivity contribution in [1.82, 2.24) is 9.55 Å². The largest absolute Gasteiger partial charge is 0.497 e. The Morgan fingerprint density at radius 1 is 1.18 bits per heavy atom. The predicted molar refractivity (Wildman–Crippen MR) is 135 cm³/mol. The highest BCUT2D eigenvalue weighted by Crippen LogP contribution is 2.35. The summed E-state index contributed by atoms with van der Waals surface area (Å²) in [4.78, 5) is 33.5. The molecule has 5 nitrogen and oxygen atoms in total. The second-order valence-electron chi connectivity index (χ2n) is 7.85. The van der Waals surface area contributed by atoms with Crippen molar-refractivity contribution in [1.29, 1.82) is 0 Å². The topological polar surface area (TPSA) is 61.2 Å². The molecule has 2 aromatic heterocycles. The fourth-order valence-electron chi connectivity index (χ4n) is 4.11. The Bertz CT molecular complexity index is 1410. The van der Waals surface area contributed by atoms with Crippen LogP contribution in [0, 0.1) is 0 Å². The number of benzene rings is 2. The van der Waals surface area contributed by atoms with Gasteiger partial charge in [0.1, 0.15) is 10.6 Å². The lowest BCUT2D eigenvalue weighted by Gasteiger charge is -2.13. The van der Waals surface area contributed by atoms with Crippen molar-refractivity contribution < 1.29 is 9.53 Å². The van der Waals surface area contributed by atoms with Gasteiger partial charge < -0.3 is 4.74 Å². The van der Waals surface area contributed by atoms with E-state index in [2.05, 4.69) is 0 Å². The van der Waals surface area contributed by atoms with E-state index in [9.17, 15) is 9.59 Å². The van der Waals surface area contributed by atoms with Crippen molar-refractivity contribution >= 4 is 50.7 Å². The maximum Gasteiger partial charge on any atom is 0.267 e. The Balaban J connectivity index is 1.58. The van der Waals surface area contributed by atoms with Crippen LogP contribution < -0.4 is 10.3 Å². The van der Waals surface area contributed by atoms with Crippen LogP contribution in [0.25, 0.3) is 15.9 Å². The monoisotopic (exact) mass is 496 g/mol. The highest BCUT2D eigenvalue weighted by atomic mass is 35.5. The lowest BCUT2D eigenvalue weighted by Crippen LogP contribution is -2.22. The first-order valence-corrected chi connectivity index (χ1v) is 12.9. The van der Waals surface area contributed by atoms with Gasteiger partial charge in [-0.1, -0.05) is 35.5 Å². The van der Waals surface area contributed by atoms with Crippen molar-refractivity contribution in [2.24, 2.45) is 0 Å². The summed E-state index contributed by atoms with van der Waals surface area (Å²) in [5.41, 5.74) is 2.31. The van der Waals surface area contributed by atoms with Crippen LogP contribution in [-0.4, -0.2) is 28.2 Å². The Kier molecular flexibility index (Phi) is 6.27. The van der Waals surface area contributed by atoms with E-state index < -0.39 is 0 Å². The van der Waals surface area contributed by atoms with E-state index >= 15 is 0 Å². The standard InChI is InChI=1S/C25H21ClN2O3S2/c1-31-18-6-4-5-15(13-18)20(29)14-32-25-27-23-22(19-7-2-3-8-21(19)33-23)24(30)28(25)17-11-9-16(26)10-12-17/h4-6,9-13H,2-3,7-8,14H2,1H3. The molecular formula is C25H21ClN2O3S2. The minimum absolute atomic E-state index is 0.0543. The summed E-state index contributed by atoms with van der Waals surface area (Å²) in [5.74, 6) is 0.734. The molecule has 1 aliphatic carbocycles. The number of ether oxygens (including phenoxy) is 1. The maximum absolute atomic E-state index is 13.7. The molecule has 4 aromatic rings. The lowest BCUT2D eigenvalue weighted by atomic mass is 9.97. The van der Waals surface area contributed by atoms with Gasteiger partial charge in [-0.25, -0.2) is 4.98 Å². The number of carbonyl (C=O) groups is 1. The van der Waals surface area contributed by atoms with Crippen LogP contribution in [-0.2, 0) is 12.8 Å². The molecule has 0 saturated carbocycles. The van der Waals surface area contributed by atoms with Gasteiger partial charge in [0.2, 0.25) is 0 Å². The third kappa shape index (κ3) is 4.33. The Hall–Kier alpha value is -2.61. The molecule has 8 heteroatoms. The Labute approximate surface area is 204 Å². The van der Waals surface area contributed by atoms with Crippen LogP contribution >= 0.6 is 34.7 Å². The van der Waals surface area contributed by atoms with Crippen LogP contribution in [0.4, 0.5) is 0 Å². The molecule has 0 N–H and O–H groups in total. The van der Waals surface area contributed by atoms with Gasteiger partial charge in [0.25, 0.3) is 5.56 Å². The molecule has 1 aliphatic rings. The first-order valence-electron chi connectivity index (χ1n) is 10.7. The number of Topliss-reactive ketones (excluding diaryl/α,β-unsaturated/α-hetero) is 1. The molecule has 0 amide bonds. The number of ketones is 1. The number of hydrogen-bond donors (Lipinski definition) is 0. The molecule has 2 heterocycles. The van der Waals surface area contributed by atoms with Crippen LogP contribution in [0.15, 0.2) is 58.5 Å². The molecule has 0 atom stereocenters. The van der Waals surface area contributed by atoms with Crippen LogP contribution in [0.2, 0.25) is 5.02 Å². The van der Waals surface area contributed by atoms with E-state index in [-0.39, 0.29) is 17.1 Å². The molecule has 2 aromatic carbocycles. The molecule has 33 heavy (non-hydrogen) atoms. The van der Waals surface area contributed by atoms with Crippen LogP contribution in [0.1, 0.15) is 33.6 Å². The van der Waals surface area contributed by atoms with Crippen LogP contribution in [0.5, 0.6) is 5.75 Å². The molecular weight excluding hydrogens is 476 g/mol. The predicted octanol–water partition coefficient (Wildman–Crippen LogP) is 5.96. The molecule has 0 bridgehead atoms. The number of nitrogens with zero attached hydrogens (tertiary/aromatic N) is 2. The SMILES string of the molecule is COc1cccc(C(=O)CSc2nc3sc4c(c3c(=O)n2-c2ccc(Cl)cc2)CCCC4)c1. The van der Waals surface area contributed by atoms with Gasteiger partial charge in [-0.15, -0.1) is 11.3 Å². The molecule has 0 radical (unpaired) electrons.